The van der Waals surface area contributed by atoms with Gasteiger partial charge in [0.2, 0.25) is 0 Å². The molecule has 0 heterocycles. The predicted octanol–water partition coefficient (Wildman–Crippen LogP) is 4.15. The molecule has 1 aromatic rings. The third-order valence-electron chi connectivity index (χ3n) is 2.54. The van der Waals surface area contributed by atoms with E-state index in [-0.39, 0.29) is 11.7 Å². The Hall–Kier alpha value is -0.530. The van der Waals surface area contributed by atoms with Crippen LogP contribution >= 0.6 is 23.2 Å². The maximum atomic E-state index is 11.7. The van der Waals surface area contributed by atoms with Crippen molar-refractivity contribution in [2.24, 2.45) is 5.92 Å². The van der Waals surface area contributed by atoms with E-state index in [0.717, 1.165) is 12.0 Å². The molecule has 0 N–H and O–H groups in total. The van der Waals surface area contributed by atoms with E-state index < -0.39 is 0 Å². The number of Topliss-reactive ketones (excluding diaryl/α,β-unsaturated/α-hetero) is 1. The van der Waals surface area contributed by atoms with Crippen LogP contribution in [0, 0.1) is 5.92 Å². The van der Waals surface area contributed by atoms with Crippen molar-refractivity contribution in [3.63, 3.8) is 0 Å². The molecule has 3 heteroatoms. The molecule has 0 aliphatic carbocycles. The molecule has 1 aromatic carbocycles. The van der Waals surface area contributed by atoms with Crippen LogP contribution in [-0.4, -0.2) is 5.78 Å². The Balaban J connectivity index is 2.77. The van der Waals surface area contributed by atoms with Gasteiger partial charge in [-0.05, 0) is 24.1 Å². The van der Waals surface area contributed by atoms with Crippen LogP contribution in [0.4, 0.5) is 0 Å². The SMILES string of the molecule is CCC(C)C(=O)Cc1ccc(Cl)cc1Cl. The van der Waals surface area contributed by atoms with Crippen LogP contribution in [0.25, 0.3) is 0 Å². The van der Waals surface area contributed by atoms with Crippen LogP contribution < -0.4 is 0 Å². The second kappa shape index (κ2) is 5.53. The lowest BCUT2D eigenvalue weighted by Gasteiger charge is -2.08. The summed E-state index contributed by atoms with van der Waals surface area (Å²) in [6.45, 7) is 3.94. The van der Waals surface area contributed by atoms with Gasteiger partial charge >= 0.3 is 0 Å². The summed E-state index contributed by atoms with van der Waals surface area (Å²) < 4.78 is 0. The zero-order chi connectivity index (χ0) is 11.4. The van der Waals surface area contributed by atoms with Crippen LogP contribution in [-0.2, 0) is 11.2 Å². The Bertz CT molecular complexity index is 361. The lowest BCUT2D eigenvalue weighted by Crippen LogP contribution is -2.12. The number of hydrogen-bond acceptors (Lipinski definition) is 1. The zero-order valence-electron chi connectivity index (χ0n) is 8.89. The third-order valence-corrected chi connectivity index (χ3v) is 3.13. The summed E-state index contributed by atoms with van der Waals surface area (Å²) in [5.41, 5.74) is 0.853. The Labute approximate surface area is 100 Å². The highest BCUT2D eigenvalue weighted by Crippen LogP contribution is 2.22. The van der Waals surface area contributed by atoms with Crippen LogP contribution in [0.1, 0.15) is 25.8 Å². The molecule has 0 saturated heterocycles. The fraction of sp³-hybridized carbons (Fsp3) is 0.417. The number of ketones is 1. The first-order valence-electron chi connectivity index (χ1n) is 5.01. The van der Waals surface area contributed by atoms with Crippen molar-refractivity contribution in [1.29, 1.82) is 0 Å². The van der Waals surface area contributed by atoms with Gasteiger partial charge in [0.05, 0.1) is 0 Å². The molecule has 0 aliphatic heterocycles. The van der Waals surface area contributed by atoms with Gasteiger partial charge in [-0.25, -0.2) is 0 Å². The molecule has 1 nitrogen and oxygen atoms in total. The number of halogens is 2. The van der Waals surface area contributed by atoms with E-state index in [9.17, 15) is 4.79 Å². The van der Waals surface area contributed by atoms with E-state index in [4.69, 9.17) is 23.2 Å². The highest BCUT2D eigenvalue weighted by atomic mass is 35.5. The molecule has 0 fully saturated rings. The number of carbonyl (C=O) groups excluding carboxylic acids is 1. The first kappa shape index (κ1) is 12.5. The first-order valence-corrected chi connectivity index (χ1v) is 5.76. The van der Waals surface area contributed by atoms with Gasteiger partial charge in [-0.15, -0.1) is 0 Å². The van der Waals surface area contributed by atoms with Crippen molar-refractivity contribution >= 4 is 29.0 Å². The predicted molar refractivity (Wildman–Crippen MR) is 64.6 cm³/mol. The Morgan fingerprint density at radius 3 is 2.60 bits per heavy atom. The molecule has 0 spiro atoms. The second-order valence-corrected chi connectivity index (χ2v) is 4.53. The maximum absolute atomic E-state index is 11.7. The second-order valence-electron chi connectivity index (χ2n) is 3.69. The molecule has 0 saturated carbocycles. The van der Waals surface area contributed by atoms with E-state index >= 15 is 0 Å². The molecule has 0 aliphatic rings. The fourth-order valence-corrected chi connectivity index (χ4v) is 1.73. The van der Waals surface area contributed by atoms with Crippen molar-refractivity contribution in [1.82, 2.24) is 0 Å². The van der Waals surface area contributed by atoms with Gasteiger partial charge in [0, 0.05) is 22.4 Å². The molecule has 1 unspecified atom stereocenters. The van der Waals surface area contributed by atoms with Gasteiger partial charge in [-0.3, -0.25) is 4.79 Å². The van der Waals surface area contributed by atoms with E-state index in [1.807, 2.05) is 19.9 Å². The molecular weight excluding hydrogens is 231 g/mol. The zero-order valence-corrected chi connectivity index (χ0v) is 10.4. The summed E-state index contributed by atoms with van der Waals surface area (Å²) in [4.78, 5) is 11.7. The Kier molecular flexibility index (Phi) is 4.62. The fourth-order valence-electron chi connectivity index (χ4n) is 1.25. The standard InChI is InChI=1S/C12H14Cl2O/c1-3-8(2)12(15)6-9-4-5-10(13)7-11(9)14/h4-5,7-8H,3,6H2,1-2H3. The number of carbonyl (C=O) groups is 1. The molecule has 0 amide bonds. The van der Waals surface area contributed by atoms with E-state index in [2.05, 4.69) is 0 Å². The van der Waals surface area contributed by atoms with Crippen molar-refractivity contribution in [2.45, 2.75) is 26.7 Å². The summed E-state index contributed by atoms with van der Waals surface area (Å²) in [5, 5.41) is 1.17. The van der Waals surface area contributed by atoms with Gasteiger partial charge in [0.25, 0.3) is 0 Å². The minimum Gasteiger partial charge on any atom is -0.299 e. The highest BCUT2D eigenvalue weighted by molar-refractivity contribution is 6.35. The molecule has 1 rings (SSSR count). The Morgan fingerprint density at radius 2 is 2.07 bits per heavy atom. The molecule has 82 valence electrons. The smallest absolute Gasteiger partial charge is 0.140 e. The molecule has 0 aromatic heterocycles. The summed E-state index contributed by atoms with van der Waals surface area (Å²) in [7, 11) is 0. The van der Waals surface area contributed by atoms with Gasteiger partial charge in [-0.2, -0.15) is 0 Å². The minimum atomic E-state index is 0.0942. The van der Waals surface area contributed by atoms with Crippen LogP contribution in [0.2, 0.25) is 10.0 Å². The molecular formula is C12H14Cl2O. The lowest BCUT2D eigenvalue weighted by atomic mass is 9.97. The van der Waals surface area contributed by atoms with Crippen molar-refractivity contribution < 1.29 is 4.79 Å². The van der Waals surface area contributed by atoms with Gasteiger partial charge < -0.3 is 0 Å². The molecule has 0 bridgehead atoms. The average Bonchev–Trinajstić information content (AvgIpc) is 2.20. The lowest BCUT2D eigenvalue weighted by molar-refractivity contribution is -0.121. The summed E-state index contributed by atoms with van der Waals surface area (Å²) in [5.74, 6) is 0.318. The first-order chi connectivity index (χ1) is 7.04. The quantitative estimate of drug-likeness (QED) is 0.778. The van der Waals surface area contributed by atoms with Crippen molar-refractivity contribution in [3.05, 3.63) is 33.8 Å². The molecule has 0 radical (unpaired) electrons. The number of rotatable bonds is 4. The van der Waals surface area contributed by atoms with Crippen LogP contribution in [0.15, 0.2) is 18.2 Å². The minimum absolute atomic E-state index is 0.0942. The highest BCUT2D eigenvalue weighted by Gasteiger charge is 2.13. The summed E-state index contributed by atoms with van der Waals surface area (Å²) in [6.07, 6.45) is 1.26. The van der Waals surface area contributed by atoms with E-state index in [0.29, 0.717) is 16.5 Å². The van der Waals surface area contributed by atoms with Crippen LogP contribution in [0.5, 0.6) is 0 Å². The van der Waals surface area contributed by atoms with Gasteiger partial charge in [-0.1, -0.05) is 43.1 Å². The normalized spacial score (nSPS) is 12.5. The molecule has 1 atom stereocenters. The van der Waals surface area contributed by atoms with Gasteiger partial charge in [0.15, 0.2) is 0 Å². The summed E-state index contributed by atoms with van der Waals surface area (Å²) >= 11 is 11.8. The van der Waals surface area contributed by atoms with Crippen molar-refractivity contribution in [2.75, 3.05) is 0 Å². The summed E-state index contributed by atoms with van der Waals surface area (Å²) in [6, 6.07) is 5.24. The maximum Gasteiger partial charge on any atom is 0.140 e. The average molecular weight is 245 g/mol. The monoisotopic (exact) mass is 244 g/mol. The largest absolute Gasteiger partial charge is 0.299 e. The van der Waals surface area contributed by atoms with E-state index in [1.165, 1.54) is 0 Å². The van der Waals surface area contributed by atoms with E-state index in [1.54, 1.807) is 12.1 Å². The molecule has 15 heavy (non-hydrogen) atoms. The third kappa shape index (κ3) is 3.51. The Morgan fingerprint density at radius 1 is 1.40 bits per heavy atom. The van der Waals surface area contributed by atoms with Crippen molar-refractivity contribution in [3.8, 4) is 0 Å². The topological polar surface area (TPSA) is 17.1 Å². The van der Waals surface area contributed by atoms with Crippen LogP contribution in [0.3, 0.4) is 0 Å². The number of hydrogen-bond donors (Lipinski definition) is 0. The van der Waals surface area contributed by atoms with Gasteiger partial charge in [0.1, 0.15) is 5.78 Å². The number of benzene rings is 1.